The molecule has 0 saturated carbocycles. The molecule has 0 spiro atoms. The Labute approximate surface area is 360 Å². The maximum absolute atomic E-state index is 13.7. The van der Waals surface area contributed by atoms with Crippen LogP contribution in [0.2, 0.25) is 0 Å². The van der Waals surface area contributed by atoms with Gasteiger partial charge >= 0.3 is 12.1 Å². The Morgan fingerprint density at radius 3 is 1.89 bits per heavy atom. The molecule has 1 unspecified atom stereocenters. The van der Waals surface area contributed by atoms with Crippen molar-refractivity contribution in [2.24, 2.45) is 11.8 Å². The number of carbonyl (C=O) groups excluding carboxylic acids is 7. The summed E-state index contributed by atoms with van der Waals surface area (Å²) >= 11 is 0.891. The first-order valence-corrected chi connectivity index (χ1v) is 21.0. The molecule has 15 nitrogen and oxygen atoms in total. The van der Waals surface area contributed by atoms with Gasteiger partial charge in [0, 0.05) is 19.5 Å². The van der Waals surface area contributed by atoms with Crippen molar-refractivity contribution in [1.29, 1.82) is 0 Å². The smallest absolute Gasteiger partial charge is 0.408 e. The molecule has 3 rings (SSSR count). The molecular formula is C44H59FN6O9S. The number of hydrogen-bond donors (Lipinski definition) is 6. The summed E-state index contributed by atoms with van der Waals surface area (Å²) in [7, 11) is 1.18. The molecule has 0 saturated heterocycles. The van der Waals surface area contributed by atoms with Crippen molar-refractivity contribution >= 4 is 57.9 Å². The van der Waals surface area contributed by atoms with Gasteiger partial charge < -0.3 is 41.4 Å². The molecule has 2 aromatic carbocycles. The van der Waals surface area contributed by atoms with Crippen LogP contribution >= 0.6 is 11.3 Å². The van der Waals surface area contributed by atoms with Gasteiger partial charge in [0.25, 0.3) is 5.91 Å². The Morgan fingerprint density at radius 2 is 1.33 bits per heavy atom. The maximum Gasteiger partial charge on any atom is 0.408 e. The molecule has 1 aromatic heterocycles. The number of alkyl carbamates (subject to hydrolysis) is 1. The minimum absolute atomic E-state index is 0.0192. The third kappa shape index (κ3) is 14.7. The summed E-state index contributed by atoms with van der Waals surface area (Å²) in [6, 6.07) is 11.4. The number of ether oxygens (including phenoxy) is 2. The Morgan fingerprint density at radius 1 is 0.754 bits per heavy atom. The highest BCUT2D eigenvalue weighted by atomic mass is 32.1. The van der Waals surface area contributed by atoms with Gasteiger partial charge in [-0.3, -0.25) is 24.0 Å². The van der Waals surface area contributed by atoms with Crippen LogP contribution in [0.5, 0.6) is 0 Å². The summed E-state index contributed by atoms with van der Waals surface area (Å²) in [5, 5.41) is 16.4. The van der Waals surface area contributed by atoms with Crippen molar-refractivity contribution in [2.75, 3.05) is 25.5 Å². The van der Waals surface area contributed by atoms with Crippen molar-refractivity contribution in [3.05, 3.63) is 87.5 Å². The summed E-state index contributed by atoms with van der Waals surface area (Å²) < 4.78 is 23.9. The number of nitrogens with one attached hydrogen (secondary N) is 6. The summed E-state index contributed by atoms with van der Waals surface area (Å²) in [5.74, 6) is -5.42. The van der Waals surface area contributed by atoms with Gasteiger partial charge in [0.05, 0.1) is 23.5 Å². The Balaban J connectivity index is 1.66. The van der Waals surface area contributed by atoms with Gasteiger partial charge in [-0.1, -0.05) is 77.1 Å². The van der Waals surface area contributed by atoms with Crippen LogP contribution < -0.4 is 31.9 Å². The monoisotopic (exact) mass is 866 g/mol. The van der Waals surface area contributed by atoms with Gasteiger partial charge in [0.2, 0.25) is 23.6 Å². The molecule has 6 amide bonds. The molecule has 6 N–H and O–H groups in total. The highest BCUT2D eigenvalue weighted by Crippen LogP contribution is 2.35. The number of thiophene rings is 1. The molecule has 3 aromatic rings. The number of benzene rings is 2. The average Bonchev–Trinajstić information content (AvgIpc) is 3.51. The number of methoxy groups -OCH3 is 1. The predicted molar refractivity (Wildman–Crippen MR) is 231 cm³/mol. The van der Waals surface area contributed by atoms with Crippen molar-refractivity contribution in [2.45, 2.75) is 105 Å². The molecule has 1 heterocycles. The lowest BCUT2D eigenvalue weighted by Crippen LogP contribution is -2.59. The lowest BCUT2D eigenvalue weighted by molar-refractivity contribution is -0.134. The van der Waals surface area contributed by atoms with E-state index in [-0.39, 0.29) is 46.4 Å². The number of amides is 6. The summed E-state index contributed by atoms with van der Waals surface area (Å²) in [6.45, 7) is 15.3. The third-order valence-electron chi connectivity index (χ3n) is 9.47. The Kier molecular flexibility index (Phi) is 18.4. The second kappa shape index (κ2) is 22.7. The second-order valence-corrected chi connectivity index (χ2v) is 17.2. The van der Waals surface area contributed by atoms with Crippen LogP contribution in [0.1, 0.15) is 104 Å². The van der Waals surface area contributed by atoms with Crippen LogP contribution in [0.3, 0.4) is 0 Å². The lowest BCUT2D eigenvalue weighted by atomic mass is 9.95. The summed E-state index contributed by atoms with van der Waals surface area (Å²) in [6.07, 6.45) is -0.285. The van der Waals surface area contributed by atoms with Crippen molar-refractivity contribution in [3.8, 4) is 0 Å². The van der Waals surface area contributed by atoms with Crippen LogP contribution in [0.15, 0.2) is 54.6 Å². The second-order valence-electron chi connectivity index (χ2n) is 16.1. The van der Waals surface area contributed by atoms with E-state index in [1.54, 1.807) is 74.4 Å². The van der Waals surface area contributed by atoms with Gasteiger partial charge in [-0.25, -0.2) is 14.0 Å². The largest absolute Gasteiger partial charge is 0.465 e. The van der Waals surface area contributed by atoms with Crippen LogP contribution in [0.25, 0.3) is 0 Å². The normalized spacial score (nSPS) is 13.3. The Hall–Kier alpha value is -5.84. The minimum atomic E-state index is -1.08. The van der Waals surface area contributed by atoms with Crippen LogP contribution in [0, 0.1) is 24.6 Å². The predicted octanol–water partition coefficient (Wildman–Crippen LogP) is 5.38. The van der Waals surface area contributed by atoms with Gasteiger partial charge in [0.15, 0.2) is 0 Å². The molecule has 0 bridgehead atoms. The molecule has 4 atom stereocenters. The van der Waals surface area contributed by atoms with E-state index >= 15 is 0 Å². The first kappa shape index (κ1) is 49.5. The standard InChI is InChI=1S/C44H59FN6O9S/c1-11-30(28-17-19-29(45)20-18-28)36(52)51-41-32(42(57)59-10)26(6)35(61-41)40(56)47-22-21-46-38(54)33(24(2)3)50-39(55)34(25(4)5)49-37(53)31(23-27-15-13-12-14-16-27)48-43(58)60-44(7,8)9/h12-20,24-25,30-31,33-34H,11,21-23H2,1-10H3,(H,46,54)(H,47,56)(H,48,58)(H,49,53)(H,50,55)(H,51,52)/t30?,31-,33-,34-/m0/s1. The molecule has 332 valence electrons. The fourth-order valence-electron chi connectivity index (χ4n) is 6.26. The fraction of sp³-hybridized carbons (Fsp3) is 0.477. The minimum Gasteiger partial charge on any atom is -0.465 e. The first-order chi connectivity index (χ1) is 28.7. The molecule has 0 fully saturated rings. The van der Waals surface area contributed by atoms with E-state index in [0.717, 1.165) is 16.9 Å². The van der Waals surface area contributed by atoms with E-state index < -0.39 is 83.0 Å². The van der Waals surface area contributed by atoms with Gasteiger partial charge in [-0.2, -0.15) is 0 Å². The van der Waals surface area contributed by atoms with Crippen molar-refractivity contribution in [1.82, 2.24) is 26.6 Å². The van der Waals surface area contributed by atoms with Crippen molar-refractivity contribution < 1.29 is 47.4 Å². The SMILES string of the molecule is CCC(C(=O)Nc1sc(C(=O)NCCNC(=O)[C@@H](NC(=O)[C@@H](NC(=O)[C@H](Cc2ccccc2)NC(=O)OC(C)(C)C)C(C)C)C(C)C)c(C)c1C(=O)OC)c1ccc(F)cc1. The van der Waals surface area contributed by atoms with Crippen LogP contribution in [0.4, 0.5) is 14.2 Å². The quantitative estimate of drug-likeness (QED) is 0.0674. The number of anilines is 1. The zero-order valence-corrected chi connectivity index (χ0v) is 37.3. The number of hydrogen-bond acceptors (Lipinski definition) is 10. The number of rotatable bonds is 19. The summed E-state index contributed by atoms with van der Waals surface area (Å²) in [5.41, 5.74) is 0.840. The van der Waals surface area contributed by atoms with E-state index in [1.165, 1.54) is 31.4 Å². The fourth-order valence-corrected chi connectivity index (χ4v) is 7.37. The topological polar surface area (TPSA) is 210 Å². The Bertz CT molecular complexity index is 2010. The van der Waals surface area contributed by atoms with E-state index in [0.29, 0.717) is 12.0 Å². The van der Waals surface area contributed by atoms with Crippen molar-refractivity contribution in [3.63, 3.8) is 0 Å². The molecular weight excluding hydrogens is 808 g/mol. The summed E-state index contributed by atoms with van der Waals surface area (Å²) in [4.78, 5) is 93.1. The first-order valence-electron chi connectivity index (χ1n) is 20.1. The molecule has 61 heavy (non-hydrogen) atoms. The van der Waals surface area contributed by atoms with E-state index in [9.17, 15) is 38.0 Å². The number of carbonyl (C=O) groups is 7. The molecule has 17 heteroatoms. The lowest BCUT2D eigenvalue weighted by Gasteiger charge is -2.29. The maximum atomic E-state index is 13.7. The molecule has 0 aliphatic carbocycles. The molecule has 0 aliphatic heterocycles. The highest BCUT2D eigenvalue weighted by Gasteiger charge is 2.34. The van der Waals surface area contributed by atoms with E-state index in [1.807, 2.05) is 18.2 Å². The van der Waals surface area contributed by atoms with Gasteiger partial charge in [-0.15, -0.1) is 11.3 Å². The number of halogens is 1. The third-order valence-corrected chi connectivity index (χ3v) is 10.7. The average molecular weight is 867 g/mol. The van der Waals surface area contributed by atoms with E-state index in [2.05, 4.69) is 31.9 Å². The van der Waals surface area contributed by atoms with Gasteiger partial charge in [0.1, 0.15) is 34.5 Å². The van der Waals surface area contributed by atoms with Crippen LogP contribution in [-0.4, -0.2) is 85.5 Å². The zero-order chi connectivity index (χ0) is 45.6. The molecule has 0 radical (unpaired) electrons. The zero-order valence-electron chi connectivity index (χ0n) is 36.4. The highest BCUT2D eigenvalue weighted by molar-refractivity contribution is 7.18. The van der Waals surface area contributed by atoms with Gasteiger partial charge in [-0.05, 0) is 74.8 Å². The molecule has 0 aliphatic rings. The van der Waals surface area contributed by atoms with Crippen LogP contribution in [-0.2, 0) is 35.1 Å². The number of esters is 1. The van der Waals surface area contributed by atoms with E-state index in [4.69, 9.17) is 9.47 Å².